The maximum Gasteiger partial charge on any atom is 0.264 e. The van der Waals surface area contributed by atoms with Crippen LogP contribution in [-0.4, -0.2) is 31.4 Å². The number of fused-ring (bicyclic) bond motifs is 1. The second kappa shape index (κ2) is 8.67. The lowest BCUT2D eigenvalue weighted by atomic mass is 9.88. The van der Waals surface area contributed by atoms with Crippen LogP contribution in [0.2, 0.25) is 0 Å². The molecule has 0 unspecified atom stereocenters. The van der Waals surface area contributed by atoms with E-state index in [9.17, 15) is 17.6 Å². The summed E-state index contributed by atoms with van der Waals surface area (Å²) in [5.74, 6) is -1.28. The molecule has 2 atom stereocenters. The second-order valence-corrected chi connectivity index (χ2v) is 10.7. The Balaban J connectivity index is 1.60. The number of halogens is 1. The van der Waals surface area contributed by atoms with E-state index in [0.717, 1.165) is 17.5 Å². The van der Waals surface area contributed by atoms with Crippen LogP contribution in [0.15, 0.2) is 71.9 Å². The van der Waals surface area contributed by atoms with E-state index in [-0.39, 0.29) is 11.3 Å². The van der Waals surface area contributed by atoms with Crippen LogP contribution in [0.5, 0.6) is 5.75 Å². The zero-order chi connectivity index (χ0) is 25.7. The highest BCUT2D eigenvalue weighted by molar-refractivity contribution is 7.90. The lowest BCUT2D eigenvalue weighted by molar-refractivity contribution is -0.122. The monoisotopic (exact) mass is 505 g/mol. The van der Waals surface area contributed by atoms with E-state index < -0.39 is 33.1 Å². The van der Waals surface area contributed by atoms with E-state index in [1.807, 2.05) is 26.0 Å². The van der Waals surface area contributed by atoms with Crippen LogP contribution < -0.4 is 9.46 Å². The summed E-state index contributed by atoms with van der Waals surface area (Å²) in [5, 5.41) is 0.410. The molecule has 7 nitrogen and oxygen atoms in total. The molecule has 2 aromatic heterocycles. The number of nitrogens with one attached hydrogen (secondary N) is 1. The summed E-state index contributed by atoms with van der Waals surface area (Å²) >= 11 is 0. The Labute approximate surface area is 208 Å². The summed E-state index contributed by atoms with van der Waals surface area (Å²) in [5.41, 5.74) is 1.91. The summed E-state index contributed by atoms with van der Waals surface area (Å²) in [6.07, 6.45) is 2.86. The molecule has 5 rings (SSSR count). The molecule has 0 aliphatic heterocycles. The number of carbonyl (C=O) groups excluding carboxylic acids is 1. The molecule has 1 aliphatic carbocycles. The van der Waals surface area contributed by atoms with E-state index in [0.29, 0.717) is 27.8 Å². The zero-order valence-corrected chi connectivity index (χ0v) is 20.8. The third kappa shape index (κ3) is 3.99. The average Bonchev–Trinajstić information content (AvgIpc) is 3.60. The first-order chi connectivity index (χ1) is 17.2. The highest BCUT2D eigenvalue weighted by atomic mass is 32.2. The first-order valence-corrected chi connectivity index (χ1v) is 12.8. The van der Waals surface area contributed by atoms with Crippen molar-refractivity contribution >= 4 is 26.8 Å². The van der Waals surface area contributed by atoms with E-state index in [4.69, 9.17) is 4.74 Å². The average molecular weight is 506 g/mol. The van der Waals surface area contributed by atoms with Gasteiger partial charge in [-0.15, -0.1) is 0 Å². The topological polar surface area (TPSA) is 98.2 Å². The molecule has 0 saturated heterocycles. The van der Waals surface area contributed by atoms with E-state index in [2.05, 4.69) is 14.7 Å². The van der Waals surface area contributed by atoms with Crippen LogP contribution in [0.3, 0.4) is 0 Å². The van der Waals surface area contributed by atoms with Crippen molar-refractivity contribution in [1.82, 2.24) is 14.7 Å². The molecule has 36 heavy (non-hydrogen) atoms. The Morgan fingerprint density at radius 2 is 1.92 bits per heavy atom. The third-order valence-corrected chi connectivity index (χ3v) is 8.07. The van der Waals surface area contributed by atoms with Gasteiger partial charge in [0.25, 0.3) is 10.0 Å². The highest BCUT2D eigenvalue weighted by Crippen LogP contribution is 2.62. The molecule has 2 heterocycles. The Hall–Kier alpha value is -3.85. The van der Waals surface area contributed by atoms with E-state index in [1.165, 1.54) is 25.4 Å². The van der Waals surface area contributed by atoms with Gasteiger partial charge in [0.05, 0.1) is 29.1 Å². The van der Waals surface area contributed by atoms with Gasteiger partial charge in [-0.2, -0.15) is 0 Å². The van der Waals surface area contributed by atoms with Crippen molar-refractivity contribution < 1.29 is 22.3 Å². The van der Waals surface area contributed by atoms with Crippen molar-refractivity contribution in [3.8, 4) is 5.75 Å². The van der Waals surface area contributed by atoms with Crippen molar-refractivity contribution in [3.05, 3.63) is 95.2 Å². The summed E-state index contributed by atoms with van der Waals surface area (Å²) < 4.78 is 48.8. The fourth-order valence-corrected chi connectivity index (χ4v) is 6.11. The van der Waals surface area contributed by atoms with Gasteiger partial charge < -0.3 is 4.74 Å². The van der Waals surface area contributed by atoms with Crippen LogP contribution in [0.25, 0.3) is 10.9 Å². The number of aromatic nitrogens is 2. The number of sulfonamides is 1. The van der Waals surface area contributed by atoms with Gasteiger partial charge in [0, 0.05) is 28.8 Å². The van der Waals surface area contributed by atoms with Crippen molar-refractivity contribution in [2.75, 3.05) is 7.11 Å². The number of methoxy groups -OCH3 is 1. The number of carbonyl (C=O) groups is 1. The molecule has 184 valence electrons. The molecular weight excluding hydrogens is 481 g/mol. The van der Waals surface area contributed by atoms with Gasteiger partial charge in [-0.25, -0.2) is 17.5 Å². The molecule has 1 fully saturated rings. The lowest BCUT2D eigenvalue weighted by Gasteiger charge is -2.21. The van der Waals surface area contributed by atoms with Gasteiger partial charge in [0.15, 0.2) is 0 Å². The fourth-order valence-electron chi connectivity index (χ4n) is 4.86. The minimum atomic E-state index is -4.26. The molecule has 1 N–H and O–H groups in total. The van der Waals surface area contributed by atoms with Crippen molar-refractivity contribution in [3.63, 3.8) is 0 Å². The number of pyridine rings is 2. The molecule has 0 spiro atoms. The first kappa shape index (κ1) is 23.9. The molecule has 4 aromatic rings. The standard InChI is InChI=1S/C27H24FN3O4S/c1-16-7-10-24(35-3)21(11-16)27(13-22(27)18-12-19(28)15-29-14-18)26(32)31-36(33,34)25-6-4-5-23-20(25)9-8-17(2)30-23/h4-12,14-15,22H,13H2,1-3H3,(H,31,32)/t22-,27-/m0/s1. The summed E-state index contributed by atoms with van der Waals surface area (Å²) in [4.78, 5) is 22.2. The summed E-state index contributed by atoms with van der Waals surface area (Å²) in [6, 6.07) is 14.9. The van der Waals surface area contributed by atoms with Crippen LogP contribution in [0.4, 0.5) is 4.39 Å². The minimum Gasteiger partial charge on any atom is -0.496 e. The molecule has 0 bridgehead atoms. The molecule has 1 aliphatic rings. The SMILES string of the molecule is COc1ccc(C)cc1[C@@]1(C(=O)NS(=O)(=O)c2cccc3nc(C)ccc23)C[C@H]1c1cncc(F)c1. The van der Waals surface area contributed by atoms with Crippen LogP contribution in [0.1, 0.15) is 34.7 Å². The molecule has 9 heteroatoms. The van der Waals surface area contributed by atoms with Gasteiger partial charge in [-0.1, -0.05) is 23.8 Å². The number of hydrogen-bond acceptors (Lipinski definition) is 6. The number of benzene rings is 2. The number of hydrogen-bond donors (Lipinski definition) is 1. The maximum atomic E-state index is 14.0. The molecule has 2 aromatic carbocycles. The molecule has 1 saturated carbocycles. The van der Waals surface area contributed by atoms with Gasteiger partial charge in [0.1, 0.15) is 11.6 Å². The first-order valence-electron chi connectivity index (χ1n) is 11.3. The number of ether oxygens (including phenoxy) is 1. The van der Waals surface area contributed by atoms with Gasteiger partial charge in [-0.05, 0) is 62.2 Å². The fraction of sp³-hybridized carbons (Fsp3) is 0.222. The predicted molar refractivity (Wildman–Crippen MR) is 133 cm³/mol. The molecular formula is C27H24FN3O4S. The second-order valence-electron chi connectivity index (χ2n) is 9.08. The number of aryl methyl sites for hydroxylation is 2. The van der Waals surface area contributed by atoms with E-state index >= 15 is 0 Å². The van der Waals surface area contributed by atoms with Crippen LogP contribution in [-0.2, 0) is 20.2 Å². The normalized spacial score (nSPS) is 19.2. The number of nitrogens with zero attached hydrogens (tertiary/aromatic N) is 2. The van der Waals surface area contributed by atoms with Gasteiger partial charge in [0.2, 0.25) is 5.91 Å². The van der Waals surface area contributed by atoms with E-state index in [1.54, 1.807) is 30.3 Å². The smallest absolute Gasteiger partial charge is 0.264 e. The highest BCUT2D eigenvalue weighted by Gasteiger charge is 2.63. The van der Waals surface area contributed by atoms with Gasteiger partial charge >= 0.3 is 0 Å². The Morgan fingerprint density at radius 3 is 2.67 bits per heavy atom. The molecule has 1 amide bonds. The third-order valence-electron chi connectivity index (χ3n) is 6.68. The molecule has 0 radical (unpaired) electrons. The number of amides is 1. The van der Waals surface area contributed by atoms with Crippen LogP contribution >= 0.6 is 0 Å². The largest absolute Gasteiger partial charge is 0.496 e. The van der Waals surface area contributed by atoms with Crippen molar-refractivity contribution in [2.24, 2.45) is 0 Å². The van der Waals surface area contributed by atoms with Gasteiger partial charge in [-0.3, -0.25) is 14.8 Å². The number of rotatable bonds is 6. The lowest BCUT2D eigenvalue weighted by Crippen LogP contribution is -2.40. The van der Waals surface area contributed by atoms with Crippen molar-refractivity contribution in [1.29, 1.82) is 0 Å². The Morgan fingerprint density at radius 1 is 1.11 bits per heavy atom. The predicted octanol–water partition coefficient (Wildman–Crippen LogP) is 4.32. The summed E-state index contributed by atoms with van der Waals surface area (Å²) in [6.45, 7) is 3.69. The maximum absolute atomic E-state index is 14.0. The minimum absolute atomic E-state index is 0.0446. The quantitative estimate of drug-likeness (QED) is 0.419. The zero-order valence-electron chi connectivity index (χ0n) is 19.9. The van der Waals surface area contributed by atoms with Crippen LogP contribution in [0, 0.1) is 19.7 Å². The Kier molecular flexibility index (Phi) is 5.75. The Bertz CT molecular complexity index is 1620. The summed E-state index contributed by atoms with van der Waals surface area (Å²) in [7, 11) is -2.77. The van der Waals surface area contributed by atoms with Crippen molar-refractivity contribution in [2.45, 2.75) is 36.5 Å².